The zero-order valence-electron chi connectivity index (χ0n) is 27.3. The number of methoxy groups -OCH3 is 1. The number of nitrogens with zero attached hydrogens (tertiary/aromatic N) is 1. The van der Waals surface area contributed by atoms with Crippen LogP contribution in [0.1, 0.15) is 95.4 Å². The third-order valence-electron chi connectivity index (χ3n) is 7.19. The number of ether oxygens (including phenoxy) is 2. The van der Waals surface area contributed by atoms with E-state index in [-0.39, 0.29) is 19.4 Å². The van der Waals surface area contributed by atoms with Gasteiger partial charge in [0.05, 0.1) is 7.11 Å². The van der Waals surface area contributed by atoms with Crippen molar-refractivity contribution in [3.8, 4) is 5.75 Å². The number of unbranched alkanes of at least 4 members (excludes halogenated alkanes) is 4. The lowest BCUT2D eigenvalue weighted by atomic mass is 9.93. The summed E-state index contributed by atoms with van der Waals surface area (Å²) in [6, 6.07) is 10.5. The number of nitrogens with two attached hydrogens (primary N) is 1. The lowest BCUT2D eigenvalue weighted by Gasteiger charge is -2.36. The SMILES string of the molecule is CCCCCCCN(C(=O)C(CCC(N)=O)NC(=O)OC(C)(C)C)C(C(=O)Nc1ccc(OC)cc1)c1c(C)cccc1C. The largest absolute Gasteiger partial charge is 0.497 e. The molecule has 0 aliphatic carbocycles. The van der Waals surface area contributed by atoms with E-state index in [4.69, 9.17) is 15.2 Å². The van der Waals surface area contributed by atoms with E-state index in [1.807, 2.05) is 32.0 Å². The summed E-state index contributed by atoms with van der Waals surface area (Å²) in [6.07, 6.45) is 3.66. The summed E-state index contributed by atoms with van der Waals surface area (Å²) < 4.78 is 10.7. The number of benzene rings is 2. The summed E-state index contributed by atoms with van der Waals surface area (Å²) in [5, 5.41) is 5.63. The Morgan fingerprint density at radius 2 is 1.55 bits per heavy atom. The number of anilines is 1. The summed E-state index contributed by atoms with van der Waals surface area (Å²) in [4.78, 5) is 54.8. The second kappa shape index (κ2) is 17.3. The van der Waals surface area contributed by atoms with Crippen LogP contribution in [0.3, 0.4) is 0 Å². The number of amides is 4. The van der Waals surface area contributed by atoms with Gasteiger partial charge in [-0.25, -0.2) is 4.79 Å². The van der Waals surface area contributed by atoms with E-state index in [1.165, 1.54) is 4.90 Å². The molecule has 0 bridgehead atoms. The Morgan fingerprint density at radius 1 is 0.932 bits per heavy atom. The van der Waals surface area contributed by atoms with Gasteiger partial charge in [-0.3, -0.25) is 14.4 Å². The molecule has 0 heterocycles. The molecule has 44 heavy (non-hydrogen) atoms. The molecule has 2 rings (SSSR count). The summed E-state index contributed by atoms with van der Waals surface area (Å²) in [6.45, 7) is 11.4. The molecule has 0 fully saturated rings. The zero-order chi connectivity index (χ0) is 32.9. The maximum atomic E-state index is 14.5. The van der Waals surface area contributed by atoms with Crippen molar-refractivity contribution in [3.63, 3.8) is 0 Å². The molecule has 0 aromatic heterocycles. The second-order valence-corrected chi connectivity index (χ2v) is 12.1. The van der Waals surface area contributed by atoms with Crippen LogP contribution in [0.15, 0.2) is 42.5 Å². The van der Waals surface area contributed by atoms with E-state index in [9.17, 15) is 19.2 Å². The van der Waals surface area contributed by atoms with Crippen molar-refractivity contribution in [1.82, 2.24) is 10.2 Å². The number of nitrogens with one attached hydrogen (secondary N) is 2. The minimum absolute atomic E-state index is 0.0423. The molecule has 0 aliphatic heterocycles. The van der Waals surface area contributed by atoms with Crippen LogP contribution < -0.4 is 21.1 Å². The van der Waals surface area contributed by atoms with Gasteiger partial charge in [0, 0.05) is 18.7 Å². The highest BCUT2D eigenvalue weighted by Crippen LogP contribution is 2.31. The third-order valence-corrected chi connectivity index (χ3v) is 7.19. The minimum atomic E-state index is -1.14. The first-order valence-electron chi connectivity index (χ1n) is 15.4. The molecule has 242 valence electrons. The van der Waals surface area contributed by atoms with Gasteiger partial charge in [0.15, 0.2) is 0 Å². The van der Waals surface area contributed by atoms with Crippen molar-refractivity contribution < 1.29 is 28.7 Å². The smallest absolute Gasteiger partial charge is 0.408 e. The van der Waals surface area contributed by atoms with Crippen LogP contribution in [0, 0.1) is 13.8 Å². The number of hydrogen-bond donors (Lipinski definition) is 3. The van der Waals surface area contributed by atoms with Crippen molar-refractivity contribution >= 4 is 29.5 Å². The number of alkyl carbamates (subject to hydrolysis) is 1. The minimum Gasteiger partial charge on any atom is -0.497 e. The van der Waals surface area contributed by atoms with Crippen LogP contribution in [0.25, 0.3) is 0 Å². The molecule has 0 spiro atoms. The first-order chi connectivity index (χ1) is 20.8. The predicted octanol–water partition coefficient (Wildman–Crippen LogP) is 5.95. The summed E-state index contributed by atoms with van der Waals surface area (Å²) >= 11 is 0. The third kappa shape index (κ3) is 11.5. The highest BCUT2D eigenvalue weighted by molar-refractivity contribution is 5.99. The number of carbonyl (C=O) groups is 4. The first-order valence-corrected chi connectivity index (χ1v) is 15.4. The molecule has 0 saturated carbocycles. The van der Waals surface area contributed by atoms with Crippen LogP contribution in [0.2, 0.25) is 0 Å². The Kier molecular flexibility index (Phi) is 14.2. The van der Waals surface area contributed by atoms with Crippen LogP contribution in [-0.4, -0.2) is 54.0 Å². The molecule has 10 nitrogen and oxygen atoms in total. The quantitative estimate of drug-likeness (QED) is 0.201. The van der Waals surface area contributed by atoms with Gasteiger partial charge < -0.3 is 30.7 Å². The average Bonchev–Trinajstić information content (AvgIpc) is 2.94. The normalized spacial score (nSPS) is 12.5. The molecule has 2 aromatic rings. The number of rotatable bonds is 16. The fraction of sp³-hybridized carbons (Fsp3) is 0.529. The fourth-order valence-corrected chi connectivity index (χ4v) is 5.02. The van der Waals surface area contributed by atoms with E-state index < -0.39 is 41.5 Å². The molecule has 2 aromatic carbocycles. The average molecular weight is 611 g/mol. The number of carbonyl (C=O) groups excluding carboxylic acids is 4. The van der Waals surface area contributed by atoms with Crippen LogP contribution in [0.4, 0.5) is 10.5 Å². The van der Waals surface area contributed by atoms with Crippen molar-refractivity contribution in [3.05, 3.63) is 59.2 Å². The van der Waals surface area contributed by atoms with Gasteiger partial charge in [-0.05, 0) is 88.4 Å². The second-order valence-electron chi connectivity index (χ2n) is 12.1. The van der Waals surface area contributed by atoms with Crippen LogP contribution >= 0.6 is 0 Å². The topological polar surface area (TPSA) is 140 Å². The van der Waals surface area contributed by atoms with Crippen molar-refractivity contribution in [2.24, 2.45) is 5.73 Å². The summed E-state index contributed by atoms with van der Waals surface area (Å²) in [5.41, 5.74) is 7.57. The van der Waals surface area contributed by atoms with Gasteiger partial charge in [-0.2, -0.15) is 0 Å². The molecule has 2 unspecified atom stereocenters. The molecule has 10 heteroatoms. The van der Waals surface area contributed by atoms with Gasteiger partial charge >= 0.3 is 6.09 Å². The fourth-order valence-electron chi connectivity index (χ4n) is 5.02. The maximum absolute atomic E-state index is 14.5. The molecule has 0 aliphatic rings. The van der Waals surface area contributed by atoms with E-state index in [2.05, 4.69) is 17.6 Å². The lowest BCUT2D eigenvalue weighted by Crippen LogP contribution is -2.53. The van der Waals surface area contributed by atoms with Crippen LogP contribution in [0.5, 0.6) is 5.75 Å². The zero-order valence-corrected chi connectivity index (χ0v) is 27.3. The van der Waals surface area contributed by atoms with Crippen LogP contribution in [-0.2, 0) is 19.1 Å². The van der Waals surface area contributed by atoms with Gasteiger partial charge in [0.2, 0.25) is 11.8 Å². The predicted molar refractivity (Wildman–Crippen MR) is 172 cm³/mol. The molecule has 0 saturated heterocycles. The van der Waals surface area contributed by atoms with Crippen molar-refractivity contribution in [2.75, 3.05) is 19.0 Å². The molecular weight excluding hydrogens is 560 g/mol. The molecule has 4 amide bonds. The number of primary amides is 1. The van der Waals surface area contributed by atoms with Crippen molar-refractivity contribution in [2.45, 2.75) is 104 Å². The highest BCUT2D eigenvalue weighted by Gasteiger charge is 2.37. The monoisotopic (exact) mass is 610 g/mol. The van der Waals surface area contributed by atoms with Gasteiger partial charge in [0.1, 0.15) is 23.4 Å². The molecule has 4 N–H and O–H groups in total. The Hall–Kier alpha value is -4.08. The Balaban J connectivity index is 2.60. The summed E-state index contributed by atoms with van der Waals surface area (Å²) in [5.74, 6) is -0.863. The standard InChI is InChI=1S/C34H50N4O6/c1-8-9-10-11-12-22-38(32(41)27(20-21-28(35)39)37-33(42)44-34(4,5)6)30(29-23(2)14-13-15-24(29)3)31(40)36-25-16-18-26(43-7)19-17-25/h13-19,27,30H,8-12,20-22H2,1-7H3,(H2,35,39)(H,36,40)(H,37,42). The van der Waals surface area contributed by atoms with E-state index in [0.29, 0.717) is 23.4 Å². The van der Waals surface area contributed by atoms with Gasteiger partial charge in [-0.15, -0.1) is 0 Å². The Labute approximate surface area is 262 Å². The molecule has 0 radical (unpaired) electrons. The Bertz CT molecular complexity index is 1240. The van der Waals surface area contributed by atoms with E-state index in [0.717, 1.165) is 36.8 Å². The lowest BCUT2D eigenvalue weighted by molar-refractivity contribution is -0.141. The van der Waals surface area contributed by atoms with Gasteiger partial charge in [0.25, 0.3) is 5.91 Å². The van der Waals surface area contributed by atoms with E-state index >= 15 is 0 Å². The number of hydrogen-bond acceptors (Lipinski definition) is 6. The first kappa shape index (κ1) is 36.1. The maximum Gasteiger partial charge on any atom is 0.408 e. The molecule has 2 atom stereocenters. The molecular formula is C34H50N4O6. The van der Waals surface area contributed by atoms with Gasteiger partial charge in [-0.1, -0.05) is 50.8 Å². The number of aryl methyl sites for hydroxylation is 2. The highest BCUT2D eigenvalue weighted by atomic mass is 16.6. The van der Waals surface area contributed by atoms with Crippen molar-refractivity contribution in [1.29, 1.82) is 0 Å². The summed E-state index contributed by atoms with van der Waals surface area (Å²) in [7, 11) is 1.56. The Morgan fingerprint density at radius 3 is 2.09 bits per heavy atom. The van der Waals surface area contributed by atoms with E-state index in [1.54, 1.807) is 52.1 Å².